The van der Waals surface area contributed by atoms with E-state index in [4.69, 9.17) is 9.47 Å². The zero-order valence-corrected chi connectivity index (χ0v) is 5.18. The van der Waals surface area contributed by atoms with Crippen LogP contribution in [0.4, 0.5) is 0 Å². The Hall–Kier alpha value is -0.480. The summed E-state index contributed by atoms with van der Waals surface area (Å²) in [4.78, 5) is 0. The molecule has 4 unspecified atom stereocenters. The molecule has 10 heavy (non-hydrogen) atoms. The summed E-state index contributed by atoms with van der Waals surface area (Å²) in [6.07, 6.45) is 1.47. The summed E-state index contributed by atoms with van der Waals surface area (Å²) in [5, 5.41) is 8.24. The lowest BCUT2D eigenvalue weighted by molar-refractivity contribution is 0.284. The van der Waals surface area contributed by atoms with Gasteiger partial charge in [-0.05, 0) is 0 Å². The Morgan fingerprint density at radius 1 is 0.700 bits per heavy atom. The highest BCUT2D eigenvalue weighted by Gasteiger charge is 2.71. The number of azo groups is 1. The molecule has 0 spiro atoms. The summed E-state index contributed by atoms with van der Waals surface area (Å²) < 4.78 is 10.8. The van der Waals surface area contributed by atoms with E-state index in [1.54, 1.807) is 0 Å². The minimum atomic E-state index is 0.250. The molecule has 52 valence electrons. The third-order valence-electron chi connectivity index (χ3n) is 2.80. The molecule has 0 aromatic carbocycles. The molecule has 0 aromatic heterocycles. The predicted octanol–water partition coefficient (Wildman–Crippen LogP) is -0.262. The molecule has 2 bridgehead atoms. The topological polar surface area (TPSA) is 49.8 Å². The monoisotopic (exact) mass is 138 g/mol. The van der Waals surface area contributed by atoms with Crippen molar-refractivity contribution in [2.45, 2.75) is 36.5 Å². The summed E-state index contributed by atoms with van der Waals surface area (Å²) in [5.74, 6) is 0. The van der Waals surface area contributed by atoms with E-state index in [9.17, 15) is 0 Å². The van der Waals surface area contributed by atoms with Gasteiger partial charge in [-0.1, -0.05) is 0 Å². The Balaban J connectivity index is 1.93. The fraction of sp³-hybridized carbons (Fsp3) is 1.00. The van der Waals surface area contributed by atoms with E-state index in [1.165, 1.54) is 0 Å². The first-order valence-electron chi connectivity index (χ1n) is 3.66. The van der Waals surface area contributed by atoms with Gasteiger partial charge in [0, 0.05) is 0 Å². The van der Waals surface area contributed by atoms with Crippen molar-refractivity contribution in [1.29, 1.82) is 0 Å². The molecule has 3 fully saturated rings. The normalized spacial score (nSPS) is 72.8. The third-order valence-corrected chi connectivity index (χ3v) is 2.80. The molecule has 0 radical (unpaired) electrons. The molecule has 0 aromatic rings. The van der Waals surface area contributed by atoms with Gasteiger partial charge in [-0.2, -0.15) is 10.2 Å². The van der Waals surface area contributed by atoms with Crippen LogP contribution in [0, 0.1) is 0 Å². The van der Waals surface area contributed by atoms with E-state index in [1.807, 2.05) is 0 Å². The molecule has 2 saturated heterocycles. The van der Waals surface area contributed by atoms with Crippen LogP contribution in [0.25, 0.3) is 0 Å². The predicted molar refractivity (Wildman–Crippen MR) is 29.8 cm³/mol. The molecule has 4 atom stereocenters. The molecule has 4 heteroatoms. The molecule has 1 aliphatic carbocycles. The lowest BCUT2D eigenvalue weighted by Crippen LogP contribution is -2.40. The van der Waals surface area contributed by atoms with Crippen LogP contribution in [-0.2, 0) is 9.47 Å². The Labute approximate surface area is 57.2 Å². The summed E-state index contributed by atoms with van der Waals surface area (Å²) in [7, 11) is 0. The van der Waals surface area contributed by atoms with Crippen molar-refractivity contribution in [3.05, 3.63) is 0 Å². The van der Waals surface area contributed by atoms with Crippen LogP contribution in [0.2, 0.25) is 0 Å². The van der Waals surface area contributed by atoms with Crippen LogP contribution in [0.1, 0.15) is 0 Å². The van der Waals surface area contributed by atoms with Gasteiger partial charge in [0.2, 0.25) is 0 Å². The van der Waals surface area contributed by atoms with Crippen molar-refractivity contribution in [2.75, 3.05) is 0 Å². The lowest BCUT2D eigenvalue weighted by atomic mass is 9.91. The second-order valence-electron chi connectivity index (χ2n) is 3.34. The molecule has 5 aliphatic rings. The van der Waals surface area contributed by atoms with Gasteiger partial charge in [0.1, 0.15) is 36.5 Å². The number of rotatable bonds is 0. The van der Waals surface area contributed by atoms with Crippen LogP contribution >= 0.6 is 0 Å². The van der Waals surface area contributed by atoms with Gasteiger partial charge in [0.15, 0.2) is 0 Å². The Kier molecular flexibility index (Phi) is 0.459. The number of hydrogen-bond donors (Lipinski definition) is 0. The maximum Gasteiger partial charge on any atom is 0.128 e. The molecule has 4 heterocycles. The van der Waals surface area contributed by atoms with Gasteiger partial charge in [0.05, 0.1) is 0 Å². The summed E-state index contributed by atoms with van der Waals surface area (Å²) in [5.41, 5.74) is 0. The van der Waals surface area contributed by atoms with Gasteiger partial charge >= 0.3 is 0 Å². The first kappa shape index (κ1) is 4.41. The van der Waals surface area contributed by atoms with Gasteiger partial charge in [-0.3, -0.25) is 0 Å². The Morgan fingerprint density at radius 2 is 1.10 bits per heavy atom. The van der Waals surface area contributed by atoms with Gasteiger partial charge < -0.3 is 9.47 Å². The van der Waals surface area contributed by atoms with E-state index >= 15 is 0 Å². The van der Waals surface area contributed by atoms with Gasteiger partial charge in [0.25, 0.3) is 0 Å². The van der Waals surface area contributed by atoms with Crippen molar-refractivity contribution in [2.24, 2.45) is 10.2 Å². The second kappa shape index (κ2) is 1.04. The van der Waals surface area contributed by atoms with Crippen molar-refractivity contribution < 1.29 is 9.47 Å². The van der Waals surface area contributed by atoms with Crippen LogP contribution in [0.5, 0.6) is 0 Å². The highest BCUT2D eigenvalue weighted by Crippen LogP contribution is 2.52. The van der Waals surface area contributed by atoms with Crippen molar-refractivity contribution in [3.8, 4) is 0 Å². The number of hydrogen-bond acceptors (Lipinski definition) is 4. The average molecular weight is 138 g/mol. The minimum Gasteiger partial charge on any atom is -0.365 e. The molecule has 5 rings (SSSR count). The molecule has 0 N–H and O–H groups in total. The summed E-state index contributed by atoms with van der Waals surface area (Å²) >= 11 is 0. The highest BCUT2D eigenvalue weighted by atomic mass is 16.6. The van der Waals surface area contributed by atoms with E-state index in [2.05, 4.69) is 10.2 Å². The van der Waals surface area contributed by atoms with Crippen molar-refractivity contribution in [1.82, 2.24) is 0 Å². The smallest absolute Gasteiger partial charge is 0.128 e. The number of epoxide rings is 2. The zero-order valence-electron chi connectivity index (χ0n) is 5.18. The van der Waals surface area contributed by atoms with E-state index in [0.29, 0.717) is 24.4 Å². The fourth-order valence-corrected chi connectivity index (χ4v) is 2.16. The average Bonchev–Trinajstić information content (AvgIpc) is 2.83. The Bertz CT molecular complexity index is 202. The zero-order chi connectivity index (χ0) is 6.29. The molecule has 1 saturated carbocycles. The molecule has 4 nitrogen and oxygen atoms in total. The molecule has 4 aliphatic heterocycles. The maximum absolute atomic E-state index is 5.40. The van der Waals surface area contributed by atoms with Gasteiger partial charge in [-0.25, -0.2) is 0 Å². The van der Waals surface area contributed by atoms with Gasteiger partial charge in [-0.15, -0.1) is 0 Å². The van der Waals surface area contributed by atoms with E-state index in [-0.39, 0.29) is 12.1 Å². The van der Waals surface area contributed by atoms with E-state index < -0.39 is 0 Å². The minimum absolute atomic E-state index is 0.250. The van der Waals surface area contributed by atoms with Crippen LogP contribution < -0.4 is 0 Å². The first-order valence-corrected chi connectivity index (χ1v) is 3.66. The fourth-order valence-electron chi connectivity index (χ4n) is 2.16. The third kappa shape index (κ3) is 0.302. The molecular weight excluding hydrogens is 132 g/mol. The quantitative estimate of drug-likeness (QED) is 0.433. The number of nitrogens with zero attached hydrogens (tertiary/aromatic N) is 2. The van der Waals surface area contributed by atoms with Crippen molar-refractivity contribution >= 4 is 0 Å². The summed E-state index contributed by atoms with van der Waals surface area (Å²) in [6.45, 7) is 0. The second-order valence-corrected chi connectivity index (χ2v) is 3.34. The largest absolute Gasteiger partial charge is 0.365 e. The SMILES string of the molecule is N1=NC2C3OC3C1C1OC21. The van der Waals surface area contributed by atoms with Crippen LogP contribution in [0.15, 0.2) is 10.2 Å². The highest BCUT2D eigenvalue weighted by molar-refractivity contribution is 5.22. The molecular formula is C6H6N2O2. The molecule has 0 amide bonds. The van der Waals surface area contributed by atoms with Crippen molar-refractivity contribution in [3.63, 3.8) is 0 Å². The van der Waals surface area contributed by atoms with Crippen LogP contribution in [-0.4, -0.2) is 36.5 Å². The van der Waals surface area contributed by atoms with Crippen LogP contribution in [0.3, 0.4) is 0 Å². The number of ether oxygens (including phenoxy) is 2. The lowest BCUT2D eigenvalue weighted by Gasteiger charge is -2.18. The maximum atomic E-state index is 5.40. The Morgan fingerprint density at radius 3 is 1.50 bits per heavy atom. The first-order chi connectivity index (χ1) is 4.95. The standard InChI is InChI=1S/C6H6N2O2/c7-1-3-5(9-3)2(8-7)6-4(1)10-6/h1-6H. The summed E-state index contributed by atoms with van der Waals surface area (Å²) in [6, 6.07) is 0.500. The van der Waals surface area contributed by atoms with E-state index in [0.717, 1.165) is 0 Å².